The summed E-state index contributed by atoms with van der Waals surface area (Å²) < 4.78 is 5.41. The molecule has 0 heterocycles. The molecule has 94 valence electrons. The number of aryl methyl sites for hydroxylation is 1. The van der Waals surface area contributed by atoms with Crippen molar-refractivity contribution in [3.8, 4) is 0 Å². The minimum Gasteiger partial charge on any atom is -0.460 e. The Balaban J connectivity index is 2.93. The summed E-state index contributed by atoms with van der Waals surface area (Å²) in [7, 11) is 0. The summed E-state index contributed by atoms with van der Waals surface area (Å²) in [5, 5.41) is 0. The van der Waals surface area contributed by atoms with Gasteiger partial charge in [-0.05, 0) is 58.2 Å². The second-order valence-electron chi connectivity index (χ2n) is 5.54. The molecule has 0 aliphatic heterocycles. The van der Waals surface area contributed by atoms with Gasteiger partial charge in [0, 0.05) is 0 Å². The van der Waals surface area contributed by atoms with Crippen LogP contribution in [0.3, 0.4) is 0 Å². The van der Waals surface area contributed by atoms with Crippen LogP contribution in [0, 0.1) is 13.8 Å². The van der Waals surface area contributed by atoms with Gasteiger partial charge >= 0.3 is 5.97 Å². The van der Waals surface area contributed by atoms with Crippen molar-refractivity contribution in [3.05, 3.63) is 34.9 Å². The minimum atomic E-state index is -0.428. The molecule has 1 rings (SSSR count). The fourth-order valence-electron chi connectivity index (χ4n) is 1.76. The van der Waals surface area contributed by atoms with Gasteiger partial charge in [-0.2, -0.15) is 0 Å². The first-order valence-electron chi connectivity index (χ1n) is 6.01. The molecular formula is C15H22O2. The van der Waals surface area contributed by atoms with Crippen LogP contribution in [0.1, 0.15) is 50.3 Å². The third-order valence-electron chi connectivity index (χ3n) is 2.87. The maximum atomic E-state index is 12.0. The molecule has 2 nitrogen and oxygen atoms in total. The molecule has 0 amide bonds. The van der Waals surface area contributed by atoms with E-state index < -0.39 is 5.60 Å². The second-order valence-corrected chi connectivity index (χ2v) is 5.54. The third-order valence-corrected chi connectivity index (χ3v) is 2.87. The van der Waals surface area contributed by atoms with Gasteiger partial charge < -0.3 is 4.74 Å². The lowest BCUT2D eigenvalue weighted by Gasteiger charge is -2.23. The van der Waals surface area contributed by atoms with Crippen molar-refractivity contribution in [2.45, 2.75) is 53.1 Å². The van der Waals surface area contributed by atoms with Gasteiger partial charge in [-0.15, -0.1) is 0 Å². The third kappa shape index (κ3) is 3.58. The molecule has 0 saturated heterocycles. The van der Waals surface area contributed by atoms with Crippen molar-refractivity contribution in [1.82, 2.24) is 0 Å². The molecular weight excluding hydrogens is 212 g/mol. The number of rotatable bonds is 2. The summed E-state index contributed by atoms with van der Waals surface area (Å²) in [4.78, 5) is 12.0. The number of hydrogen-bond acceptors (Lipinski definition) is 2. The van der Waals surface area contributed by atoms with Crippen LogP contribution in [-0.4, -0.2) is 11.6 Å². The smallest absolute Gasteiger partial charge is 0.313 e. The zero-order valence-electron chi connectivity index (χ0n) is 11.6. The predicted molar refractivity (Wildman–Crippen MR) is 70.2 cm³/mol. The number of carbonyl (C=O) groups is 1. The van der Waals surface area contributed by atoms with Crippen LogP contribution in [0.2, 0.25) is 0 Å². The Morgan fingerprint density at radius 2 is 1.82 bits per heavy atom. The highest BCUT2D eigenvalue weighted by atomic mass is 16.6. The van der Waals surface area contributed by atoms with Crippen LogP contribution < -0.4 is 0 Å². The molecule has 1 aromatic rings. The average Bonchev–Trinajstić information content (AvgIpc) is 2.18. The molecule has 1 unspecified atom stereocenters. The van der Waals surface area contributed by atoms with Crippen molar-refractivity contribution in [2.24, 2.45) is 0 Å². The molecule has 0 spiro atoms. The molecule has 0 bridgehead atoms. The number of esters is 1. The lowest BCUT2D eigenvalue weighted by Crippen LogP contribution is -2.27. The van der Waals surface area contributed by atoms with Gasteiger partial charge in [0.2, 0.25) is 0 Å². The van der Waals surface area contributed by atoms with Crippen molar-refractivity contribution < 1.29 is 9.53 Å². The monoisotopic (exact) mass is 234 g/mol. The minimum absolute atomic E-state index is 0.161. The number of carbonyl (C=O) groups excluding carboxylic acids is 1. The zero-order chi connectivity index (χ0) is 13.2. The molecule has 0 aliphatic carbocycles. The molecule has 0 aliphatic rings. The Morgan fingerprint density at radius 3 is 2.35 bits per heavy atom. The molecule has 17 heavy (non-hydrogen) atoms. The first kappa shape index (κ1) is 13.8. The highest BCUT2D eigenvalue weighted by molar-refractivity contribution is 5.78. The van der Waals surface area contributed by atoms with Gasteiger partial charge in [0.25, 0.3) is 0 Å². The Morgan fingerprint density at radius 1 is 1.24 bits per heavy atom. The summed E-state index contributed by atoms with van der Waals surface area (Å²) in [6.07, 6.45) is 0. The van der Waals surface area contributed by atoms with Gasteiger partial charge in [0.15, 0.2) is 0 Å². The molecule has 0 saturated carbocycles. The summed E-state index contributed by atoms with van der Waals surface area (Å²) in [6.45, 7) is 11.7. The lowest BCUT2D eigenvalue weighted by molar-refractivity contribution is -0.156. The van der Waals surface area contributed by atoms with E-state index in [-0.39, 0.29) is 11.9 Å². The van der Waals surface area contributed by atoms with Gasteiger partial charge in [0.1, 0.15) is 5.60 Å². The molecule has 0 aromatic heterocycles. The summed E-state index contributed by atoms with van der Waals surface area (Å²) in [6, 6.07) is 6.04. The van der Waals surface area contributed by atoms with Gasteiger partial charge in [-0.1, -0.05) is 18.2 Å². The fourth-order valence-corrected chi connectivity index (χ4v) is 1.76. The molecule has 0 radical (unpaired) electrons. The summed E-state index contributed by atoms with van der Waals surface area (Å²) in [5.74, 6) is -0.375. The Labute approximate surface area is 104 Å². The molecule has 1 atom stereocenters. The highest BCUT2D eigenvalue weighted by Gasteiger charge is 2.24. The first-order chi connectivity index (χ1) is 7.72. The SMILES string of the molecule is Cc1cccc(C(C)C(=O)OC(C)(C)C)c1C. The zero-order valence-corrected chi connectivity index (χ0v) is 11.6. The quantitative estimate of drug-likeness (QED) is 0.728. The molecule has 0 N–H and O–H groups in total. The summed E-state index contributed by atoms with van der Waals surface area (Å²) in [5.41, 5.74) is 3.01. The highest BCUT2D eigenvalue weighted by Crippen LogP contribution is 2.24. The van der Waals surface area contributed by atoms with Crippen LogP contribution in [-0.2, 0) is 9.53 Å². The first-order valence-corrected chi connectivity index (χ1v) is 6.01. The van der Waals surface area contributed by atoms with E-state index in [0.29, 0.717) is 0 Å². The molecule has 1 aromatic carbocycles. The summed E-state index contributed by atoms with van der Waals surface area (Å²) >= 11 is 0. The maximum absolute atomic E-state index is 12.0. The van der Waals surface area contributed by atoms with Crippen molar-refractivity contribution in [2.75, 3.05) is 0 Å². The number of hydrogen-bond donors (Lipinski definition) is 0. The standard InChI is InChI=1S/C15H22O2/c1-10-8-7-9-13(11(10)2)12(3)14(16)17-15(4,5)6/h7-9,12H,1-6H3. The van der Waals surface area contributed by atoms with E-state index in [1.165, 1.54) is 11.1 Å². The van der Waals surface area contributed by atoms with E-state index in [1.807, 2.05) is 46.8 Å². The number of benzene rings is 1. The van der Waals surface area contributed by atoms with E-state index in [4.69, 9.17) is 4.74 Å². The van der Waals surface area contributed by atoms with Crippen molar-refractivity contribution >= 4 is 5.97 Å². The topological polar surface area (TPSA) is 26.3 Å². The van der Waals surface area contributed by atoms with Gasteiger partial charge in [0.05, 0.1) is 5.92 Å². The lowest BCUT2D eigenvalue weighted by atomic mass is 9.93. The number of ether oxygens (including phenoxy) is 1. The van der Waals surface area contributed by atoms with E-state index in [2.05, 4.69) is 13.0 Å². The largest absolute Gasteiger partial charge is 0.460 e. The van der Waals surface area contributed by atoms with Gasteiger partial charge in [-0.25, -0.2) is 0 Å². The van der Waals surface area contributed by atoms with E-state index in [9.17, 15) is 4.79 Å². The fraction of sp³-hybridized carbons (Fsp3) is 0.533. The average molecular weight is 234 g/mol. The predicted octanol–water partition coefficient (Wildman–Crippen LogP) is 3.75. The van der Waals surface area contributed by atoms with Crippen LogP contribution in [0.4, 0.5) is 0 Å². The van der Waals surface area contributed by atoms with Crippen LogP contribution in [0.25, 0.3) is 0 Å². The Kier molecular flexibility index (Phi) is 3.97. The van der Waals surface area contributed by atoms with Gasteiger partial charge in [-0.3, -0.25) is 4.79 Å². The van der Waals surface area contributed by atoms with E-state index in [0.717, 1.165) is 5.56 Å². The molecule has 0 fully saturated rings. The molecule has 2 heteroatoms. The Hall–Kier alpha value is -1.31. The van der Waals surface area contributed by atoms with E-state index >= 15 is 0 Å². The van der Waals surface area contributed by atoms with Crippen molar-refractivity contribution in [3.63, 3.8) is 0 Å². The van der Waals surface area contributed by atoms with Crippen LogP contribution >= 0.6 is 0 Å². The maximum Gasteiger partial charge on any atom is 0.313 e. The van der Waals surface area contributed by atoms with Crippen molar-refractivity contribution in [1.29, 1.82) is 0 Å². The van der Waals surface area contributed by atoms with Crippen LogP contribution in [0.15, 0.2) is 18.2 Å². The Bertz CT molecular complexity index is 413. The van der Waals surface area contributed by atoms with Crippen LogP contribution in [0.5, 0.6) is 0 Å². The second kappa shape index (κ2) is 4.91. The van der Waals surface area contributed by atoms with E-state index in [1.54, 1.807) is 0 Å². The normalized spacial score (nSPS) is 13.3.